The molecule has 0 aromatic carbocycles. The minimum atomic E-state index is 0.390. The Morgan fingerprint density at radius 3 is 2.53 bits per heavy atom. The van der Waals surface area contributed by atoms with Crippen molar-refractivity contribution in [2.24, 2.45) is 29.6 Å². The van der Waals surface area contributed by atoms with Crippen molar-refractivity contribution < 1.29 is 5.11 Å². The largest absolute Gasteiger partial charge is 0.396 e. The van der Waals surface area contributed by atoms with E-state index >= 15 is 0 Å². The van der Waals surface area contributed by atoms with Crippen molar-refractivity contribution in [2.75, 3.05) is 13.2 Å². The number of nitrogens with one attached hydrogen (secondary N) is 1. The van der Waals surface area contributed by atoms with Crippen LogP contribution in [0, 0.1) is 29.6 Å². The molecule has 0 aromatic heterocycles. The van der Waals surface area contributed by atoms with Gasteiger partial charge in [0, 0.05) is 12.6 Å². The molecule has 112 valence electrons. The van der Waals surface area contributed by atoms with Gasteiger partial charge in [-0.15, -0.1) is 0 Å². The van der Waals surface area contributed by atoms with Gasteiger partial charge in [0.2, 0.25) is 0 Å². The van der Waals surface area contributed by atoms with E-state index < -0.39 is 0 Å². The van der Waals surface area contributed by atoms with E-state index in [1.165, 1.54) is 38.5 Å². The van der Waals surface area contributed by atoms with Gasteiger partial charge in [0.05, 0.1) is 0 Å². The Hall–Kier alpha value is -0.0800. The number of hydrogen-bond donors (Lipinski definition) is 2. The summed E-state index contributed by atoms with van der Waals surface area (Å²) in [6.07, 6.45) is 8.00. The van der Waals surface area contributed by atoms with Crippen molar-refractivity contribution in [3.63, 3.8) is 0 Å². The van der Waals surface area contributed by atoms with E-state index in [4.69, 9.17) is 0 Å². The highest BCUT2D eigenvalue weighted by atomic mass is 16.3. The number of rotatable bonds is 5. The standard InChI is InChI=1S/C17H33NO/c1-12(2)16-8-7-13(3)9-17(16)18-10-14-5-4-6-15(14)11-19/h12-19H,4-11H2,1-3H3. The quantitative estimate of drug-likeness (QED) is 0.799. The minimum Gasteiger partial charge on any atom is -0.396 e. The zero-order valence-electron chi connectivity index (χ0n) is 13.1. The lowest BCUT2D eigenvalue weighted by Crippen LogP contribution is -2.45. The minimum absolute atomic E-state index is 0.390. The first-order valence-corrected chi connectivity index (χ1v) is 8.46. The van der Waals surface area contributed by atoms with E-state index in [0.29, 0.717) is 18.6 Å². The highest BCUT2D eigenvalue weighted by Gasteiger charge is 2.32. The van der Waals surface area contributed by atoms with Gasteiger partial charge >= 0.3 is 0 Å². The molecule has 2 aliphatic carbocycles. The molecule has 0 amide bonds. The van der Waals surface area contributed by atoms with Gasteiger partial charge in [-0.05, 0) is 61.8 Å². The Morgan fingerprint density at radius 1 is 1.11 bits per heavy atom. The van der Waals surface area contributed by atoms with Crippen LogP contribution in [0.3, 0.4) is 0 Å². The molecule has 5 unspecified atom stereocenters. The average Bonchev–Trinajstić information content (AvgIpc) is 2.83. The summed E-state index contributed by atoms with van der Waals surface area (Å²) in [7, 11) is 0. The molecule has 2 nitrogen and oxygen atoms in total. The molecule has 2 aliphatic rings. The van der Waals surface area contributed by atoms with Gasteiger partial charge in [0.1, 0.15) is 0 Å². The molecule has 2 fully saturated rings. The molecular weight excluding hydrogens is 234 g/mol. The van der Waals surface area contributed by atoms with E-state index in [1.807, 2.05) is 0 Å². The molecule has 0 aliphatic heterocycles. The molecule has 19 heavy (non-hydrogen) atoms. The molecule has 5 atom stereocenters. The Bertz CT molecular complexity index is 266. The second-order valence-electron chi connectivity index (χ2n) is 7.47. The molecule has 0 spiro atoms. The first-order chi connectivity index (χ1) is 9.11. The molecule has 2 N–H and O–H groups in total. The normalized spacial score (nSPS) is 39.9. The van der Waals surface area contributed by atoms with Gasteiger partial charge in [-0.1, -0.05) is 33.6 Å². The average molecular weight is 267 g/mol. The second-order valence-corrected chi connectivity index (χ2v) is 7.47. The fraction of sp³-hybridized carbons (Fsp3) is 1.00. The van der Waals surface area contributed by atoms with Crippen LogP contribution in [0.5, 0.6) is 0 Å². The van der Waals surface area contributed by atoms with Gasteiger partial charge in [-0.3, -0.25) is 0 Å². The second kappa shape index (κ2) is 7.08. The topological polar surface area (TPSA) is 32.3 Å². The lowest BCUT2D eigenvalue weighted by molar-refractivity contribution is 0.150. The summed E-state index contributed by atoms with van der Waals surface area (Å²) in [4.78, 5) is 0. The SMILES string of the molecule is CC1CCC(C(C)C)C(NCC2CCCC2CO)C1. The van der Waals surface area contributed by atoms with Gasteiger partial charge in [0.15, 0.2) is 0 Å². The van der Waals surface area contributed by atoms with E-state index in [9.17, 15) is 5.11 Å². The molecule has 0 saturated heterocycles. The van der Waals surface area contributed by atoms with E-state index in [-0.39, 0.29) is 0 Å². The smallest absolute Gasteiger partial charge is 0.0462 e. The fourth-order valence-electron chi connectivity index (χ4n) is 4.36. The zero-order valence-corrected chi connectivity index (χ0v) is 13.1. The zero-order chi connectivity index (χ0) is 13.8. The lowest BCUT2D eigenvalue weighted by atomic mass is 9.74. The maximum atomic E-state index is 9.43. The molecule has 2 saturated carbocycles. The van der Waals surface area contributed by atoms with Crippen LogP contribution < -0.4 is 5.32 Å². The summed E-state index contributed by atoms with van der Waals surface area (Å²) in [5.74, 6) is 3.80. The van der Waals surface area contributed by atoms with Gasteiger partial charge in [-0.25, -0.2) is 0 Å². The molecular formula is C17H33NO. The third-order valence-electron chi connectivity index (χ3n) is 5.72. The molecule has 0 bridgehead atoms. The van der Waals surface area contributed by atoms with Crippen molar-refractivity contribution >= 4 is 0 Å². The van der Waals surface area contributed by atoms with Gasteiger partial charge in [-0.2, -0.15) is 0 Å². The Balaban J connectivity index is 1.85. The monoisotopic (exact) mass is 267 g/mol. The maximum Gasteiger partial charge on any atom is 0.0462 e. The molecule has 0 radical (unpaired) electrons. The maximum absolute atomic E-state index is 9.43. The number of aliphatic hydroxyl groups is 1. The molecule has 0 aromatic rings. The van der Waals surface area contributed by atoms with Gasteiger partial charge in [0.25, 0.3) is 0 Å². The Kier molecular flexibility index (Phi) is 5.70. The van der Waals surface area contributed by atoms with Crippen molar-refractivity contribution in [1.82, 2.24) is 5.32 Å². The Morgan fingerprint density at radius 2 is 1.84 bits per heavy atom. The van der Waals surface area contributed by atoms with Crippen molar-refractivity contribution in [3.05, 3.63) is 0 Å². The predicted molar refractivity (Wildman–Crippen MR) is 81.1 cm³/mol. The van der Waals surface area contributed by atoms with Crippen LogP contribution in [0.4, 0.5) is 0 Å². The first-order valence-electron chi connectivity index (χ1n) is 8.46. The highest BCUT2D eigenvalue weighted by Crippen LogP contribution is 2.35. The molecule has 2 heteroatoms. The highest BCUT2D eigenvalue weighted by molar-refractivity contribution is 4.87. The van der Waals surface area contributed by atoms with E-state index in [2.05, 4.69) is 26.1 Å². The fourth-order valence-corrected chi connectivity index (χ4v) is 4.36. The van der Waals surface area contributed by atoms with Crippen molar-refractivity contribution in [3.8, 4) is 0 Å². The van der Waals surface area contributed by atoms with Crippen LogP contribution in [0.2, 0.25) is 0 Å². The summed E-state index contributed by atoms with van der Waals surface area (Å²) in [5, 5.41) is 13.3. The van der Waals surface area contributed by atoms with Crippen LogP contribution in [-0.4, -0.2) is 24.3 Å². The summed E-state index contributed by atoms with van der Waals surface area (Å²) >= 11 is 0. The van der Waals surface area contributed by atoms with Crippen LogP contribution >= 0.6 is 0 Å². The third kappa shape index (κ3) is 3.95. The summed E-state index contributed by atoms with van der Waals surface area (Å²) in [6, 6.07) is 0.712. The number of aliphatic hydroxyl groups excluding tert-OH is 1. The predicted octanol–water partition coefficient (Wildman–Crippen LogP) is 3.45. The van der Waals surface area contributed by atoms with Crippen molar-refractivity contribution in [2.45, 2.75) is 65.3 Å². The summed E-state index contributed by atoms with van der Waals surface area (Å²) < 4.78 is 0. The Labute approximate surface area is 119 Å². The third-order valence-corrected chi connectivity index (χ3v) is 5.72. The van der Waals surface area contributed by atoms with Crippen LogP contribution in [0.15, 0.2) is 0 Å². The lowest BCUT2D eigenvalue weighted by Gasteiger charge is -2.38. The summed E-state index contributed by atoms with van der Waals surface area (Å²) in [6.45, 7) is 8.67. The molecule has 2 rings (SSSR count). The van der Waals surface area contributed by atoms with Crippen LogP contribution in [0.25, 0.3) is 0 Å². The van der Waals surface area contributed by atoms with Gasteiger partial charge < -0.3 is 10.4 Å². The molecule has 0 heterocycles. The number of hydrogen-bond acceptors (Lipinski definition) is 2. The summed E-state index contributed by atoms with van der Waals surface area (Å²) in [5.41, 5.74) is 0. The van der Waals surface area contributed by atoms with Crippen LogP contribution in [0.1, 0.15) is 59.3 Å². The first kappa shape index (κ1) is 15.3. The van der Waals surface area contributed by atoms with Crippen LogP contribution in [-0.2, 0) is 0 Å². The van der Waals surface area contributed by atoms with Crippen molar-refractivity contribution in [1.29, 1.82) is 0 Å². The van der Waals surface area contributed by atoms with E-state index in [0.717, 1.165) is 30.2 Å². The van der Waals surface area contributed by atoms with E-state index in [1.54, 1.807) is 0 Å².